The van der Waals surface area contributed by atoms with E-state index in [0.29, 0.717) is 12.2 Å². The number of nitro benzene ring substituents is 1. The second-order valence-corrected chi connectivity index (χ2v) is 4.78. The Morgan fingerprint density at radius 3 is 2.68 bits per heavy atom. The van der Waals surface area contributed by atoms with E-state index in [9.17, 15) is 14.5 Å². The zero-order chi connectivity index (χ0) is 13.7. The van der Waals surface area contributed by atoms with Gasteiger partial charge in [0.2, 0.25) is 0 Å². The molecule has 6 heteroatoms. The first kappa shape index (κ1) is 13.7. The molecule has 5 nitrogen and oxygen atoms in total. The van der Waals surface area contributed by atoms with Crippen LogP contribution < -0.4 is 5.32 Å². The van der Waals surface area contributed by atoms with Crippen molar-refractivity contribution in [2.45, 2.75) is 19.3 Å². The standard InChI is InChI=1S/C13H18FN3O2/c14-11-8-12(10-13(9-11)17(18)19)15-4-7-16-5-2-1-3-6-16/h8-10,15H,1-7H2. The van der Waals surface area contributed by atoms with E-state index in [2.05, 4.69) is 10.2 Å². The molecule has 2 rings (SSSR count). The highest BCUT2D eigenvalue weighted by atomic mass is 19.1. The number of anilines is 1. The van der Waals surface area contributed by atoms with Gasteiger partial charge in [-0.05, 0) is 32.0 Å². The first-order chi connectivity index (χ1) is 9.15. The molecule has 1 saturated heterocycles. The van der Waals surface area contributed by atoms with Crippen molar-refractivity contribution in [1.29, 1.82) is 0 Å². The monoisotopic (exact) mass is 267 g/mol. The van der Waals surface area contributed by atoms with E-state index < -0.39 is 10.7 Å². The lowest BCUT2D eigenvalue weighted by atomic mass is 10.1. The van der Waals surface area contributed by atoms with E-state index >= 15 is 0 Å². The van der Waals surface area contributed by atoms with E-state index in [0.717, 1.165) is 25.7 Å². The van der Waals surface area contributed by atoms with Gasteiger partial charge in [-0.25, -0.2) is 4.39 Å². The number of likely N-dealkylation sites (tertiary alicyclic amines) is 1. The van der Waals surface area contributed by atoms with Crippen LogP contribution in [0, 0.1) is 15.9 Å². The highest BCUT2D eigenvalue weighted by Gasteiger charge is 2.11. The van der Waals surface area contributed by atoms with Crippen LogP contribution >= 0.6 is 0 Å². The van der Waals surface area contributed by atoms with Crippen LogP contribution in [0.5, 0.6) is 0 Å². The average Bonchev–Trinajstić information content (AvgIpc) is 2.39. The molecule has 0 unspecified atom stereocenters. The third-order valence-electron chi connectivity index (χ3n) is 3.30. The Bertz CT molecular complexity index is 448. The molecule has 0 bridgehead atoms. The largest absolute Gasteiger partial charge is 0.383 e. The van der Waals surface area contributed by atoms with E-state index in [1.54, 1.807) is 0 Å². The first-order valence-corrected chi connectivity index (χ1v) is 6.56. The van der Waals surface area contributed by atoms with Crippen LogP contribution in [0.4, 0.5) is 15.8 Å². The number of hydrogen-bond donors (Lipinski definition) is 1. The summed E-state index contributed by atoms with van der Waals surface area (Å²) in [6.07, 6.45) is 3.75. The molecule has 1 aliphatic heterocycles. The molecule has 1 heterocycles. The van der Waals surface area contributed by atoms with Crippen molar-refractivity contribution in [3.05, 3.63) is 34.1 Å². The summed E-state index contributed by atoms with van der Waals surface area (Å²) in [6.45, 7) is 3.75. The minimum absolute atomic E-state index is 0.222. The van der Waals surface area contributed by atoms with Gasteiger partial charge in [0.1, 0.15) is 5.82 Å². The topological polar surface area (TPSA) is 58.4 Å². The molecule has 1 aromatic carbocycles. The Labute approximate surface area is 111 Å². The average molecular weight is 267 g/mol. The maximum absolute atomic E-state index is 13.2. The maximum Gasteiger partial charge on any atom is 0.274 e. The van der Waals surface area contributed by atoms with Crippen LogP contribution in [0.25, 0.3) is 0 Å². The van der Waals surface area contributed by atoms with Crippen molar-refractivity contribution in [1.82, 2.24) is 4.90 Å². The second-order valence-electron chi connectivity index (χ2n) is 4.78. The molecular formula is C13H18FN3O2. The van der Waals surface area contributed by atoms with Crippen LogP contribution in [-0.4, -0.2) is 36.0 Å². The normalized spacial score (nSPS) is 16.3. The van der Waals surface area contributed by atoms with Gasteiger partial charge in [-0.1, -0.05) is 6.42 Å². The Kier molecular flexibility index (Phi) is 4.68. The van der Waals surface area contributed by atoms with Gasteiger partial charge in [0.15, 0.2) is 0 Å². The number of benzene rings is 1. The molecule has 1 fully saturated rings. The van der Waals surface area contributed by atoms with Gasteiger partial charge in [-0.3, -0.25) is 10.1 Å². The number of nitro groups is 1. The molecule has 19 heavy (non-hydrogen) atoms. The third kappa shape index (κ3) is 4.17. The second kappa shape index (κ2) is 6.47. The van der Waals surface area contributed by atoms with Crippen molar-refractivity contribution >= 4 is 11.4 Å². The molecule has 1 aliphatic rings. The lowest BCUT2D eigenvalue weighted by molar-refractivity contribution is -0.385. The molecule has 0 atom stereocenters. The van der Waals surface area contributed by atoms with E-state index in [4.69, 9.17) is 0 Å². The predicted octanol–water partition coefficient (Wildman–Crippen LogP) is 2.63. The fourth-order valence-electron chi connectivity index (χ4n) is 2.32. The Morgan fingerprint density at radius 2 is 2.00 bits per heavy atom. The molecule has 0 aromatic heterocycles. The summed E-state index contributed by atoms with van der Waals surface area (Å²) in [6, 6.07) is 3.57. The Hall–Kier alpha value is -1.69. The molecule has 0 spiro atoms. The number of halogens is 1. The molecular weight excluding hydrogens is 249 g/mol. The van der Waals surface area contributed by atoms with Crippen molar-refractivity contribution in [2.24, 2.45) is 0 Å². The Morgan fingerprint density at radius 1 is 1.26 bits per heavy atom. The summed E-state index contributed by atoms with van der Waals surface area (Å²) in [5.74, 6) is -0.588. The number of hydrogen-bond acceptors (Lipinski definition) is 4. The minimum atomic E-state index is -0.588. The first-order valence-electron chi connectivity index (χ1n) is 6.56. The quantitative estimate of drug-likeness (QED) is 0.658. The summed E-state index contributed by atoms with van der Waals surface area (Å²) in [7, 11) is 0. The van der Waals surface area contributed by atoms with E-state index in [1.807, 2.05) is 0 Å². The van der Waals surface area contributed by atoms with Gasteiger partial charge in [-0.2, -0.15) is 0 Å². The van der Waals surface area contributed by atoms with Crippen molar-refractivity contribution in [3.8, 4) is 0 Å². The van der Waals surface area contributed by atoms with Crippen molar-refractivity contribution in [3.63, 3.8) is 0 Å². The molecule has 0 saturated carbocycles. The summed E-state index contributed by atoms with van der Waals surface area (Å²) in [4.78, 5) is 12.4. The number of nitrogens with zero attached hydrogens (tertiary/aromatic N) is 2. The molecule has 1 N–H and O–H groups in total. The van der Waals surface area contributed by atoms with Gasteiger partial charge in [-0.15, -0.1) is 0 Å². The maximum atomic E-state index is 13.2. The van der Waals surface area contributed by atoms with Crippen molar-refractivity contribution < 1.29 is 9.31 Å². The molecule has 104 valence electrons. The zero-order valence-corrected chi connectivity index (χ0v) is 10.8. The predicted molar refractivity (Wildman–Crippen MR) is 71.8 cm³/mol. The minimum Gasteiger partial charge on any atom is -0.383 e. The highest BCUT2D eigenvalue weighted by Crippen LogP contribution is 2.19. The van der Waals surface area contributed by atoms with Crippen LogP contribution in [-0.2, 0) is 0 Å². The van der Waals surface area contributed by atoms with Crippen LogP contribution in [0.1, 0.15) is 19.3 Å². The van der Waals surface area contributed by atoms with E-state index in [-0.39, 0.29) is 5.69 Å². The number of non-ortho nitro benzene ring substituents is 1. The number of nitrogens with one attached hydrogen (secondary N) is 1. The van der Waals surface area contributed by atoms with Gasteiger partial charge in [0, 0.05) is 24.8 Å². The van der Waals surface area contributed by atoms with Crippen molar-refractivity contribution in [2.75, 3.05) is 31.5 Å². The molecule has 1 aromatic rings. The summed E-state index contributed by atoms with van der Waals surface area (Å²) in [5, 5.41) is 13.7. The summed E-state index contributed by atoms with van der Waals surface area (Å²) >= 11 is 0. The fourth-order valence-corrected chi connectivity index (χ4v) is 2.32. The highest BCUT2D eigenvalue weighted by molar-refractivity contribution is 5.51. The fraction of sp³-hybridized carbons (Fsp3) is 0.538. The van der Waals surface area contributed by atoms with Gasteiger partial charge in [0.25, 0.3) is 5.69 Å². The molecule has 0 amide bonds. The number of rotatable bonds is 5. The lowest BCUT2D eigenvalue weighted by Crippen LogP contribution is -2.33. The molecule has 0 aliphatic carbocycles. The Balaban J connectivity index is 1.86. The van der Waals surface area contributed by atoms with Gasteiger partial charge < -0.3 is 10.2 Å². The van der Waals surface area contributed by atoms with Crippen LogP contribution in [0.2, 0.25) is 0 Å². The van der Waals surface area contributed by atoms with Gasteiger partial charge in [0.05, 0.1) is 11.0 Å². The van der Waals surface area contributed by atoms with Crippen LogP contribution in [0.15, 0.2) is 18.2 Å². The SMILES string of the molecule is O=[N+]([O-])c1cc(F)cc(NCCN2CCCCC2)c1. The zero-order valence-electron chi connectivity index (χ0n) is 10.8. The smallest absolute Gasteiger partial charge is 0.274 e. The molecule has 0 radical (unpaired) electrons. The third-order valence-corrected chi connectivity index (χ3v) is 3.30. The van der Waals surface area contributed by atoms with E-state index in [1.165, 1.54) is 31.4 Å². The number of piperidine rings is 1. The lowest BCUT2D eigenvalue weighted by Gasteiger charge is -2.26. The van der Waals surface area contributed by atoms with Gasteiger partial charge >= 0.3 is 0 Å². The van der Waals surface area contributed by atoms with Crippen LogP contribution in [0.3, 0.4) is 0 Å². The summed E-state index contributed by atoms with van der Waals surface area (Å²) in [5.41, 5.74) is 0.240. The summed E-state index contributed by atoms with van der Waals surface area (Å²) < 4.78 is 13.2.